The zero-order chi connectivity index (χ0) is 32.8. The maximum atomic E-state index is 12.9. The van der Waals surface area contributed by atoms with E-state index < -0.39 is 29.7 Å². The van der Waals surface area contributed by atoms with Crippen LogP contribution in [0.15, 0.2) is 66.9 Å². The van der Waals surface area contributed by atoms with Gasteiger partial charge in [0, 0.05) is 18.7 Å². The first-order chi connectivity index (χ1) is 22.9. The number of thiazole rings is 1. The lowest BCUT2D eigenvalue weighted by molar-refractivity contribution is -0.136. The highest BCUT2D eigenvalue weighted by molar-refractivity contribution is 7.19. The fourth-order valence-electron chi connectivity index (χ4n) is 5.07. The molecule has 1 atom stereocenters. The minimum absolute atomic E-state index is 0.0622. The molecule has 1 saturated heterocycles. The van der Waals surface area contributed by atoms with Crippen molar-refractivity contribution in [3.63, 3.8) is 0 Å². The second kappa shape index (κ2) is 14.4. The summed E-state index contributed by atoms with van der Waals surface area (Å²) in [5, 5.41) is 3.09. The third kappa shape index (κ3) is 7.37. The summed E-state index contributed by atoms with van der Waals surface area (Å²) >= 11 is 1.60. The topological polar surface area (TPSA) is 146 Å². The number of carbonyl (C=O) groups excluding carboxylic acids is 4. The van der Waals surface area contributed by atoms with E-state index in [0.717, 1.165) is 31.4 Å². The van der Waals surface area contributed by atoms with Crippen molar-refractivity contribution in [1.29, 1.82) is 0 Å². The van der Waals surface area contributed by atoms with E-state index >= 15 is 0 Å². The zero-order valence-corrected chi connectivity index (χ0v) is 26.2. The van der Waals surface area contributed by atoms with Crippen LogP contribution in [0.2, 0.25) is 0 Å². The molecule has 12 nitrogen and oxygen atoms in total. The summed E-state index contributed by atoms with van der Waals surface area (Å²) in [7, 11) is 1.65. The van der Waals surface area contributed by atoms with Gasteiger partial charge in [-0.3, -0.25) is 29.4 Å². The molecule has 0 bridgehead atoms. The summed E-state index contributed by atoms with van der Waals surface area (Å²) in [6.07, 6.45) is 9.64. The Morgan fingerprint density at radius 2 is 1.68 bits per heavy atom. The molecule has 2 aliphatic heterocycles. The first-order valence-electron chi connectivity index (χ1n) is 14.8. The van der Waals surface area contributed by atoms with Crippen molar-refractivity contribution in [2.75, 3.05) is 33.5 Å². The van der Waals surface area contributed by atoms with Crippen LogP contribution in [-0.4, -0.2) is 78.1 Å². The van der Waals surface area contributed by atoms with E-state index in [1.165, 1.54) is 12.1 Å². The number of nitrogens with zero attached hydrogens (tertiary/aromatic N) is 3. The Kier molecular flexibility index (Phi) is 9.64. The number of fused-ring (bicyclic) bond motifs is 2. The number of allylic oxidation sites excluding steroid dienone is 2. The fourth-order valence-corrected chi connectivity index (χ4v) is 5.98. The number of hydrogen-bond acceptors (Lipinski definition) is 11. The SMILES string of the molecule is COc1ccc2nc(/C=C/C=C/c3ccc(OCCOCCOc4ccc5c(c4)C(=O)N(C4CCC(=O)NC4=O)C5=O)nc3)sc2c1. The standard InChI is InChI=1S/C34H30N4O8S/c1-43-22-8-10-26-28(19-22)47-31(36-26)5-3-2-4-21-6-13-30(35-20-21)46-17-15-44-14-16-45-23-7-9-24-25(18-23)34(42)38(33(24)41)27-11-12-29(39)37-32(27)40/h2-10,13,18-20,27H,11-12,14-17H2,1H3,(H,37,39,40)/b4-2+,5-3+. The number of amides is 4. The van der Waals surface area contributed by atoms with Crippen LogP contribution in [0.4, 0.5) is 0 Å². The molecule has 1 N–H and O–H groups in total. The number of ether oxygens (including phenoxy) is 4. The number of carbonyl (C=O) groups is 4. The average Bonchev–Trinajstić information content (AvgIpc) is 3.60. The maximum absolute atomic E-state index is 12.9. The fraction of sp³-hybridized carbons (Fsp3) is 0.235. The molecule has 4 aromatic rings. The number of aromatic nitrogens is 2. The summed E-state index contributed by atoms with van der Waals surface area (Å²) in [5.74, 6) is -0.544. The minimum atomic E-state index is -1.01. The molecular formula is C34H30N4O8S. The third-order valence-corrected chi connectivity index (χ3v) is 8.38. The highest BCUT2D eigenvalue weighted by Crippen LogP contribution is 2.30. The van der Waals surface area contributed by atoms with Gasteiger partial charge in [0.25, 0.3) is 11.8 Å². The molecular weight excluding hydrogens is 624 g/mol. The first-order valence-corrected chi connectivity index (χ1v) is 15.7. The van der Waals surface area contributed by atoms with E-state index in [-0.39, 0.29) is 37.2 Å². The molecule has 1 fully saturated rings. The van der Waals surface area contributed by atoms with E-state index in [1.807, 2.05) is 48.6 Å². The van der Waals surface area contributed by atoms with Gasteiger partial charge in [0.15, 0.2) is 0 Å². The molecule has 47 heavy (non-hydrogen) atoms. The van der Waals surface area contributed by atoms with Gasteiger partial charge in [-0.05, 0) is 60.5 Å². The van der Waals surface area contributed by atoms with Gasteiger partial charge >= 0.3 is 0 Å². The number of piperidine rings is 1. The van der Waals surface area contributed by atoms with Crippen molar-refractivity contribution in [3.8, 4) is 17.4 Å². The van der Waals surface area contributed by atoms with Crippen LogP contribution in [0.25, 0.3) is 22.4 Å². The van der Waals surface area contributed by atoms with Crippen molar-refractivity contribution < 1.29 is 38.1 Å². The summed E-state index contributed by atoms with van der Waals surface area (Å²) in [5.41, 5.74) is 2.21. The molecule has 0 spiro atoms. The largest absolute Gasteiger partial charge is 0.497 e. The average molecular weight is 655 g/mol. The van der Waals surface area contributed by atoms with Gasteiger partial charge in [-0.2, -0.15) is 0 Å². The number of benzene rings is 2. The lowest BCUT2D eigenvalue weighted by Crippen LogP contribution is -2.54. The summed E-state index contributed by atoms with van der Waals surface area (Å²) in [4.78, 5) is 59.3. The van der Waals surface area contributed by atoms with Crippen molar-refractivity contribution in [1.82, 2.24) is 20.2 Å². The number of hydrogen-bond donors (Lipinski definition) is 1. The number of methoxy groups -OCH3 is 1. The normalized spacial score (nSPS) is 16.4. The van der Waals surface area contributed by atoms with Crippen molar-refractivity contribution >= 4 is 57.3 Å². The van der Waals surface area contributed by atoms with Crippen LogP contribution >= 0.6 is 11.3 Å². The van der Waals surface area contributed by atoms with Crippen LogP contribution in [0.5, 0.6) is 17.4 Å². The smallest absolute Gasteiger partial charge is 0.262 e. The molecule has 2 aliphatic rings. The van der Waals surface area contributed by atoms with E-state index in [4.69, 9.17) is 18.9 Å². The molecule has 2 aromatic carbocycles. The molecule has 1 unspecified atom stereocenters. The Balaban J connectivity index is 0.890. The molecule has 2 aromatic heterocycles. The van der Waals surface area contributed by atoms with Gasteiger partial charge in [0.1, 0.15) is 35.8 Å². The quantitative estimate of drug-likeness (QED) is 0.126. The summed E-state index contributed by atoms with van der Waals surface area (Å²) in [6.45, 7) is 1.09. The molecule has 240 valence electrons. The minimum Gasteiger partial charge on any atom is -0.497 e. The number of nitrogens with one attached hydrogen (secondary N) is 1. The van der Waals surface area contributed by atoms with Gasteiger partial charge in [-0.25, -0.2) is 9.97 Å². The van der Waals surface area contributed by atoms with Crippen LogP contribution in [-0.2, 0) is 14.3 Å². The summed E-state index contributed by atoms with van der Waals surface area (Å²) < 4.78 is 23.3. The zero-order valence-electron chi connectivity index (χ0n) is 25.3. The summed E-state index contributed by atoms with van der Waals surface area (Å²) in [6, 6.07) is 13.1. The highest BCUT2D eigenvalue weighted by atomic mass is 32.1. The molecule has 13 heteroatoms. The van der Waals surface area contributed by atoms with Crippen LogP contribution in [0.3, 0.4) is 0 Å². The Bertz CT molecular complexity index is 1880. The monoisotopic (exact) mass is 654 g/mol. The lowest BCUT2D eigenvalue weighted by atomic mass is 10.0. The molecule has 0 radical (unpaired) electrons. The van der Waals surface area contributed by atoms with Gasteiger partial charge < -0.3 is 18.9 Å². The molecule has 4 amide bonds. The second-order valence-corrected chi connectivity index (χ2v) is 11.6. The van der Waals surface area contributed by atoms with E-state index in [9.17, 15) is 19.2 Å². The van der Waals surface area contributed by atoms with Gasteiger partial charge in [-0.1, -0.05) is 18.2 Å². The number of pyridine rings is 1. The predicted octanol–water partition coefficient (Wildman–Crippen LogP) is 4.30. The molecule has 0 saturated carbocycles. The van der Waals surface area contributed by atoms with Crippen molar-refractivity contribution in [2.45, 2.75) is 18.9 Å². The molecule has 0 aliphatic carbocycles. The van der Waals surface area contributed by atoms with Crippen LogP contribution in [0, 0.1) is 0 Å². The van der Waals surface area contributed by atoms with Crippen LogP contribution in [0.1, 0.15) is 44.1 Å². The van der Waals surface area contributed by atoms with Crippen molar-refractivity contribution in [3.05, 3.63) is 88.6 Å². The number of imide groups is 2. The molecule has 4 heterocycles. The van der Waals surface area contributed by atoms with E-state index in [2.05, 4.69) is 15.3 Å². The van der Waals surface area contributed by atoms with Crippen molar-refractivity contribution in [2.24, 2.45) is 0 Å². The van der Waals surface area contributed by atoms with E-state index in [0.29, 0.717) is 24.8 Å². The van der Waals surface area contributed by atoms with Crippen LogP contribution < -0.4 is 19.5 Å². The second-order valence-electron chi connectivity index (χ2n) is 10.5. The Labute approximate surface area is 273 Å². The van der Waals surface area contributed by atoms with Gasteiger partial charge in [-0.15, -0.1) is 11.3 Å². The first kappa shape index (κ1) is 31.6. The van der Waals surface area contributed by atoms with E-state index in [1.54, 1.807) is 36.8 Å². The van der Waals surface area contributed by atoms with Gasteiger partial charge in [0.2, 0.25) is 17.7 Å². The maximum Gasteiger partial charge on any atom is 0.262 e. The lowest BCUT2D eigenvalue weighted by Gasteiger charge is -2.27. The molecule has 6 rings (SSSR count). The highest BCUT2D eigenvalue weighted by Gasteiger charge is 2.44. The number of rotatable bonds is 13. The Hall–Kier alpha value is -5.40. The predicted molar refractivity (Wildman–Crippen MR) is 173 cm³/mol. The third-order valence-electron chi connectivity index (χ3n) is 7.40. The Morgan fingerprint density at radius 1 is 0.894 bits per heavy atom. The Morgan fingerprint density at radius 3 is 2.47 bits per heavy atom. The van der Waals surface area contributed by atoms with Gasteiger partial charge in [0.05, 0.1) is 41.7 Å².